The molecular formula is C31H40N4O3. The third kappa shape index (κ3) is 7.54. The molecule has 7 heteroatoms. The van der Waals surface area contributed by atoms with Gasteiger partial charge in [0, 0.05) is 70.6 Å². The van der Waals surface area contributed by atoms with Crippen LogP contribution in [0.3, 0.4) is 0 Å². The quantitative estimate of drug-likeness (QED) is 0.363. The standard InChI is InChI=1S/C31H40N4O3/c1-33(2)29(36)15-16-30(37)35-19-5-4-13-27(35)17-20-38-28-14-6-9-24(21-28)22-34(3)23-26-11-7-10-25-12-8-18-32-31(25)26/h6-12,14,18,21,27H,4-5,13,15-17,19-20,22-23H2,1-3H3. The summed E-state index contributed by atoms with van der Waals surface area (Å²) < 4.78 is 6.14. The molecule has 4 rings (SSSR count). The molecule has 1 aliphatic rings. The zero-order valence-corrected chi connectivity index (χ0v) is 22.9. The fraction of sp³-hybridized carbons (Fsp3) is 0.452. The summed E-state index contributed by atoms with van der Waals surface area (Å²) in [4.78, 5) is 35.1. The minimum Gasteiger partial charge on any atom is -0.494 e. The van der Waals surface area contributed by atoms with Gasteiger partial charge in [-0.1, -0.05) is 36.4 Å². The topological polar surface area (TPSA) is 66.0 Å². The number of hydrogen-bond acceptors (Lipinski definition) is 5. The van der Waals surface area contributed by atoms with E-state index in [9.17, 15) is 9.59 Å². The maximum absolute atomic E-state index is 12.8. The van der Waals surface area contributed by atoms with Gasteiger partial charge in [0.1, 0.15) is 5.75 Å². The van der Waals surface area contributed by atoms with Crippen molar-refractivity contribution < 1.29 is 14.3 Å². The van der Waals surface area contributed by atoms with Gasteiger partial charge in [0.05, 0.1) is 12.1 Å². The molecule has 1 fully saturated rings. The van der Waals surface area contributed by atoms with E-state index in [1.807, 2.05) is 29.3 Å². The van der Waals surface area contributed by atoms with Crippen molar-refractivity contribution in [2.24, 2.45) is 0 Å². The Balaban J connectivity index is 1.28. The Bertz CT molecular complexity index is 1220. The lowest BCUT2D eigenvalue weighted by atomic mass is 9.99. The predicted octanol–water partition coefficient (Wildman–Crippen LogP) is 4.89. The highest BCUT2D eigenvalue weighted by Crippen LogP contribution is 2.23. The molecule has 0 aliphatic carbocycles. The normalized spacial score (nSPS) is 15.6. The van der Waals surface area contributed by atoms with E-state index < -0.39 is 0 Å². The van der Waals surface area contributed by atoms with Crippen LogP contribution in [0.2, 0.25) is 0 Å². The summed E-state index contributed by atoms with van der Waals surface area (Å²) in [6.45, 7) is 2.95. The third-order valence-electron chi connectivity index (χ3n) is 7.23. The fourth-order valence-corrected chi connectivity index (χ4v) is 5.21. The average Bonchev–Trinajstić information content (AvgIpc) is 2.92. The van der Waals surface area contributed by atoms with Gasteiger partial charge in [0.15, 0.2) is 0 Å². The Morgan fingerprint density at radius 2 is 1.82 bits per heavy atom. The van der Waals surface area contributed by atoms with Crippen LogP contribution in [0.5, 0.6) is 5.75 Å². The molecule has 2 aromatic carbocycles. The van der Waals surface area contributed by atoms with Gasteiger partial charge in [-0.25, -0.2) is 0 Å². The summed E-state index contributed by atoms with van der Waals surface area (Å²) in [6.07, 6.45) is 6.33. The molecule has 0 N–H and O–H groups in total. The number of piperidine rings is 1. The number of pyridine rings is 1. The number of fused-ring (bicyclic) bond motifs is 1. The Hall–Kier alpha value is -3.45. The molecule has 3 aromatic rings. The van der Waals surface area contributed by atoms with Gasteiger partial charge in [-0.3, -0.25) is 19.5 Å². The minimum absolute atomic E-state index is 0.00504. The Morgan fingerprint density at radius 3 is 2.66 bits per heavy atom. The summed E-state index contributed by atoms with van der Waals surface area (Å²) in [5, 5.41) is 1.16. The number of hydrogen-bond donors (Lipinski definition) is 0. The fourth-order valence-electron chi connectivity index (χ4n) is 5.21. The third-order valence-corrected chi connectivity index (χ3v) is 7.23. The molecule has 38 heavy (non-hydrogen) atoms. The smallest absolute Gasteiger partial charge is 0.223 e. The second-order valence-electron chi connectivity index (χ2n) is 10.5. The van der Waals surface area contributed by atoms with Crippen LogP contribution in [0.1, 0.15) is 49.7 Å². The van der Waals surface area contributed by atoms with Gasteiger partial charge in [-0.2, -0.15) is 0 Å². The molecule has 1 unspecified atom stereocenters. The van der Waals surface area contributed by atoms with E-state index in [1.54, 1.807) is 19.0 Å². The Kier molecular flexibility index (Phi) is 9.71. The number of carbonyl (C=O) groups is 2. The molecule has 7 nitrogen and oxygen atoms in total. The molecule has 0 radical (unpaired) electrons. The number of amides is 2. The van der Waals surface area contributed by atoms with Gasteiger partial charge in [-0.05, 0) is 55.6 Å². The molecule has 0 spiro atoms. The molecule has 1 atom stereocenters. The number of benzene rings is 2. The van der Waals surface area contributed by atoms with Gasteiger partial charge >= 0.3 is 0 Å². The van der Waals surface area contributed by atoms with E-state index in [-0.39, 0.29) is 30.7 Å². The lowest BCUT2D eigenvalue weighted by Gasteiger charge is -2.36. The second-order valence-corrected chi connectivity index (χ2v) is 10.5. The summed E-state index contributed by atoms with van der Waals surface area (Å²) in [5.74, 6) is 0.930. The van der Waals surface area contributed by atoms with Crippen molar-refractivity contribution in [1.82, 2.24) is 19.7 Å². The van der Waals surface area contributed by atoms with Crippen molar-refractivity contribution in [1.29, 1.82) is 0 Å². The first-order chi connectivity index (χ1) is 18.4. The molecule has 1 saturated heterocycles. The van der Waals surface area contributed by atoms with Crippen LogP contribution in [0.4, 0.5) is 0 Å². The molecule has 1 aliphatic heterocycles. The van der Waals surface area contributed by atoms with Gasteiger partial charge < -0.3 is 14.5 Å². The van der Waals surface area contributed by atoms with Crippen molar-refractivity contribution in [3.05, 3.63) is 71.9 Å². The van der Waals surface area contributed by atoms with Crippen molar-refractivity contribution in [2.45, 2.75) is 57.7 Å². The van der Waals surface area contributed by atoms with Crippen LogP contribution in [0, 0.1) is 0 Å². The van der Waals surface area contributed by atoms with Crippen LogP contribution in [-0.2, 0) is 22.7 Å². The molecule has 2 heterocycles. The summed E-state index contributed by atoms with van der Waals surface area (Å²) in [7, 11) is 5.57. The Labute approximate surface area is 226 Å². The maximum atomic E-state index is 12.8. The summed E-state index contributed by atoms with van der Waals surface area (Å²) in [6, 6.07) is 18.8. The molecule has 1 aromatic heterocycles. The van der Waals surface area contributed by atoms with Crippen molar-refractivity contribution >= 4 is 22.7 Å². The summed E-state index contributed by atoms with van der Waals surface area (Å²) in [5.41, 5.74) is 3.47. The van der Waals surface area contributed by atoms with Gasteiger partial charge in [0.25, 0.3) is 0 Å². The first kappa shape index (κ1) is 27.6. The first-order valence-corrected chi connectivity index (χ1v) is 13.6. The molecule has 2 amide bonds. The zero-order chi connectivity index (χ0) is 26.9. The number of ether oxygens (including phenoxy) is 1. The highest BCUT2D eigenvalue weighted by Gasteiger charge is 2.26. The molecular weight excluding hydrogens is 476 g/mol. The lowest BCUT2D eigenvalue weighted by Crippen LogP contribution is -2.44. The van der Waals surface area contributed by atoms with E-state index >= 15 is 0 Å². The number of nitrogens with zero attached hydrogens (tertiary/aromatic N) is 4. The second kappa shape index (κ2) is 13.4. The number of carbonyl (C=O) groups excluding carboxylic acids is 2. The predicted molar refractivity (Wildman–Crippen MR) is 151 cm³/mol. The summed E-state index contributed by atoms with van der Waals surface area (Å²) >= 11 is 0. The van der Waals surface area contributed by atoms with E-state index in [0.717, 1.165) is 62.0 Å². The molecule has 0 saturated carbocycles. The molecule has 0 bridgehead atoms. The molecule has 202 valence electrons. The zero-order valence-electron chi connectivity index (χ0n) is 22.9. The number of rotatable bonds is 11. The highest BCUT2D eigenvalue weighted by molar-refractivity contribution is 5.84. The first-order valence-electron chi connectivity index (χ1n) is 13.6. The number of para-hydroxylation sites is 1. The Morgan fingerprint density at radius 1 is 1.00 bits per heavy atom. The van der Waals surface area contributed by atoms with Gasteiger partial charge in [-0.15, -0.1) is 0 Å². The minimum atomic E-state index is -0.00504. The van der Waals surface area contributed by atoms with Crippen LogP contribution >= 0.6 is 0 Å². The van der Waals surface area contributed by atoms with Crippen LogP contribution in [0.25, 0.3) is 10.9 Å². The highest BCUT2D eigenvalue weighted by atomic mass is 16.5. The van der Waals surface area contributed by atoms with Crippen molar-refractivity contribution in [2.75, 3.05) is 34.3 Å². The van der Waals surface area contributed by atoms with E-state index in [1.165, 1.54) is 11.1 Å². The lowest BCUT2D eigenvalue weighted by molar-refractivity contribution is -0.138. The van der Waals surface area contributed by atoms with Crippen LogP contribution < -0.4 is 4.74 Å². The van der Waals surface area contributed by atoms with E-state index in [0.29, 0.717) is 6.61 Å². The van der Waals surface area contributed by atoms with Crippen molar-refractivity contribution in [3.63, 3.8) is 0 Å². The van der Waals surface area contributed by atoms with Gasteiger partial charge in [0.2, 0.25) is 11.8 Å². The number of likely N-dealkylation sites (tertiary alicyclic amines) is 1. The monoisotopic (exact) mass is 516 g/mol. The van der Waals surface area contributed by atoms with Crippen LogP contribution in [0.15, 0.2) is 60.8 Å². The van der Waals surface area contributed by atoms with E-state index in [2.05, 4.69) is 53.3 Å². The number of aromatic nitrogens is 1. The average molecular weight is 517 g/mol. The largest absolute Gasteiger partial charge is 0.494 e. The SMILES string of the molecule is CN(Cc1cccc(OCCC2CCCCN2C(=O)CCC(=O)N(C)C)c1)Cc1cccc2cccnc12. The van der Waals surface area contributed by atoms with E-state index in [4.69, 9.17) is 4.74 Å². The van der Waals surface area contributed by atoms with Crippen molar-refractivity contribution in [3.8, 4) is 5.75 Å². The maximum Gasteiger partial charge on any atom is 0.223 e. The van der Waals surface area contributed by atoms with Crippen LogP contribution in [-0.4, -0.2) is 71.8 Å².